The minimum Gasteiger partial charge on any atom is -0.297 e. The predicted molar refractivity (Wildman–Crippen MR) is 133 cm³/mol. The average Bonchev–Trinajstić information content (AvgIpc) is 3.42. The van der Waals surface area contributed by atoms with Crippen molar-refractivity contribution in [3.05, 3.63) is 106 Å². The van der Waals surface area contributed by atoms with Crippen molar-refractivity contribution in [3.8, 4) is 0 Å². The molecule has 3 aromatic rings. The molecule has 0 amide bonds. The third-order valence-corrected chi connectivity index (χ3v) is 8.09. The lowest BCUT2D eigenvalue weighted by Crippen LogP contribution is -2.60. The average molecular weight is 451 g/mol. The van der Waals surface area contributed by atoms with Crippen LogP contribution in [0.1, 0.15) is 55.0 Å². The van der Waals surface area contributed by atoms with E-state index in [4.69, 9.17) is 0 Å². The Bertz CT molecular complexity index is 1250. The van der Waals surface area contributed by atoms with Gasteiger partial charge in [-0.15, -0.1) is 0 Å². The van der Waals surface area contributed by atoms with Gasteiger partial charge in [-0.05, 0) is 54.0 Å². The summed E-state index contributed by atoms with van der Waals surface area (Å²) in [5, 5.41) is 0. The summed E-state index contributed by atoms with van der Waals surface area (Å²) in [5.41, 5.74) is 6.04. The first-order valence-corrected chi connectivity index (χ1v) is 12.4. The minimum atomic E-state index is -1.24. The number of nitrogens with zero attached hydrogens (tertiary/aromatic N) is 2. The number of piperazine rings is 1. The molecule has 3 aliphatic rings. The van der Waals surface area contributed by atoms with Crippen molar-refractivity contribution in [2.75, 3.05) is 26.2 Å². The van der Waals surface area contributed by atoms with Gasteiger partial charge >= 0.3 is 0 Å². The van der Waals surface area contributed by atoms with Gasteiger partial charge in [0, 0.05) is 43.9 Å². The van der Waals surface area contributed by atoms with Crippen LogP contribution in [-0.2, 0) is 24.9 Å². The Kier molecular flexibility index (Phi) is 5.23. The first-order chi connectivity index (χ1) is 16.6. The number of rotatable bonds is 4. The van der Waals surface area contributed by atoms with Gasteiger partial charge in [0.2, 0.25) is 0 Å². The molecule has 0 atom stereocenters. The van der Waals surface area contributed by atoms with Crippen molar-refractivity contribution >= 4 is 11.6 Å². The van der Waals surface area contributed by atoms with E-state index in [0.29, 0.717) is 24.2 Å². The van der Waals surface area contributed by atoms with Crippen LogP contribution in [0.15, 0.2) is 66.7 Å². The molecule has 0 radical (unpaired) electrons. The van der Waals surface area contributed by atoms with E-state index in [9.17, 15) is 9.59 Å². The summed E-state index contributed by atoms with van der Waals surface area (Å²) in [6.45, 7) is 6.09. The van der Waals surface area contributed by atoms with Crippen molar-refractivity contribution in [1.29, 1.82) is 0 Å². The molecular formula is C30H30N2O2. The van der Waals surface area contributed by atoms with Crippen LogP contribution in [0.2, 0.25) is 0 Å². The maximum atomic E-state index is 14.1. The molecule has 34 heavy (non-hydrogen) atoms. The molecular weight excluding hydrogens is 420 g/mol. The van der Waals surface area contributed by atoms with Gasteiger partial charge in [0.1, 0.15) is 0 Å². The largest absolute Gasteiger partial charge is 0.297 e. The molecule has 3 aromatic carbocycles. The van der Waals surface area contributed by atoms with Crippen LogP contribution in [-0.4, -0.2) is 47.5 Å². The molecule has 0 spiro atoms. The Labute approximate surface area is 201 Å². The van der Waals surface area contributed by atoms with E-state index in [2.05, 4.69) is 53.1 Å². The molecule has 6 rings (SSSR count). The zero-order chi connectivity index (χ0) is 23.3. The Morgan fingerprint density at radius 1 is 0.765 bits per heavy atom. The predicted octanol–water partition coefficient (Wildman–Crippen LogP) is 4.58. The number of aryl methyl sites for hydroxylation is 3. The van der Waals surface area contributed by atoms with Crippen molar-refractivity contribution in [1.82, 2.24) is 9.80 Å². The highest BCUT2D eigenvalue weighted by Crippen LogP contribution is 2.44. The highest BCUT2D eigenvalue weighted by molar-refractivity contribution is 6.32. The summed E-state index contributed by atoms with van der Waals surface area (Å²) in [5.74, 6) is -0.114. The van der Waals surface area contributed by atoms with Crippen molar-refractivity contribution in [2.45, 2.75) is 38.3 Å². The molecule has 0 N–H and O–H groups in total. The third kappa shape index (κ3) is 3.20. The Hall–Kier alpha value is -3.08. The lowest BCUT2D eigenvalue weighted by molar-refractivity contribution is 0.0279. The Morgan fingerprint density at radius 2 is 1.41 bits per heavy atom. The van der Waals surface area contributed by atoms with Gasteiger partial charge in [-0.2, -0.15) is 0 Å². The van der Waals surface area contributed by atoms with Gasteiger partial charge in [0.15, 0.2) is 17.1 Å². The van der Waals surface area contributed by atoms with Gasteiger partial charge in [-0.3, -0.25) is 19.4 Å². The Morgan fingerprint density at radius 3 is 2.12 bits per heavy atom. The lowest BCUT2D eigenvalue weighted by Gasteiger charge is -2.44. The highest BCUT2D eigenvalue weighted by Gasteiger charge is 2.58. The normalized spacial score (nSPS) is 19.9. The smallest absolute Gasteiger partial charge is 0.196 e. The monoisotopic (exact) mass is 450 g/mol. The fourth-order valence-corrected chi connectivity index (χ4v) is 6.17. The summed E-state index contributed by atoms with van der Waals surface area (Å²) in [6.07, 6.45) is 3.26. The summed E-state index contributed by atoms with van der Waals surface area (Å²) in [4.78, 5) is 32.7. The van der Waals surface area contributed by atoms with E-state index in [1.807, 2.05) is 30.3 Å². The number of Topliss-reactive ketones (excluding diaryl/α,β-unsaturated/α-hetero) is 2. The number of fused-ring (bicyclic) bond motifs is 2. The molecule has 4 nitrogen and oxygen atoms in total. The molecule has 1 saturated heterocycles. The van der Waals surface area contributed by atoms with Crippen LogP contribution in [0, 0.1) is 6.92 Å². The molecule has 1 aliphatic heterocycles. The van der Waals surface area contributed by atoms with Crippen LogP contribution in [0.4, 0.5) is 0 Å². The third-order valence-electron chi connectivity index (χ3n) is 8.09. The van der Waals surface area contributed by atoms with Crippen molar-refractivity contribution in [2.24, 2.45) is 0 Å². The van der Waals surface area contributed by atoms with Crippen molar-refractivity contribution < 1.29 is 9.59 Å². The number of hydrogen-bond acceptors (Lipinski definition) is 4. The Balaban J connectivity index is 1.35. The second kappa shape index (κ2) is 8.30. The van der Waals surface area contributed by atoms with Crippen molar-refractivity contribution in [3.63, 3.8) is 0 Å². The number of carbonyl (C=O) groups excluding carboxylic acids is 2. The van der Waals surface area contributed by atoms with Gasteiger partial charge in [-0.25, -0.2) is 0 Å². The van der Waals surface area contributed by atoms with Crippen LogP contribution < -0.4 is 0 Å². The topological polar surface area (TPSA) is 40.6 Å². The first-order valence-electron chi connectivity index (χ1n) is 12.4. The number of carbonyl (C=O) groups is 2. The molecule has 2 aliphatic carbocycles. The zero-order valence-electron chi connectivity index (χ0n) is 19.7. The fraction of sp³-hybridized carbons (Fsp3) is 0.333. The minimum absolute atomic E-state index is 0.0570. The van der Waals surface area contributed by atoms with E-state index < -0.39 is 5.54 Å². The number of hydrogen-bond donors (Lipinski definition) is 0. The maximum absolute atomic E-state index is 14.1. The van der Waals surface area contributed by atoms with Gasteiger partial charge < -0.3 is 0 Å². The molecule has 0 bridgehead atoms. The van der Waals surface area contributed by atoms with E-state index in [1.165, 1.54) is 22.3 Å². The van der Waals surface area contributed by atoms with Gasteiger partial charge in [0.05, 0.1) is 0 Å². The summed E-state index contributed by atoms with van der Waals surface area (Å²) in [6, 6.07) is 22.2. The molecule has 172 valence electrons. The second-order valence-corrected chi connectivity index (χ2v) is 9.94. The van der Waals surface area contributed by atoms with E-state index in [-0.39, 0.29) is 11.6 Å². The van der Waals surface area contributed by atoms with Crippen LogP contribution >= 0.6 is 0 Å². The van der Waals surface area contributed by atoms with Gasteiger partial charge in [0.25, 0.3) is 0 Å². The molecule has 1 fully saturated rings. The van der Waals surface area contributed by atoms with Crippen LogP contribution in [0.5, 0.6) is 0 Å². The fourth-order valence-electron chi connectivity index (χ4n) is 6.17. The van der Waals surface area contributed by atoms with Crippen LogP contribution in [0.25, 0.3) is 0 Å². The number of benzene rings is 3. The SMILES string of the molecule is Cc1ccccc1CN1CCN(C2(c3ccc4c(c3)CCC4)C(=O)c3ccccc3C2=O)CC1. The summed E-state index contributed by atoms with van der Waals surface area (Å²) < 4.78 is 0. The zero-order valence-corrected chi connectivity index (χ0v) is 19.7. The highest BCUT2D eigenvalue weighted by atomic mass is 16.2. The van der Waals surface area contributed by atoms with Crippen LogP contribution in [0.3, 0.4) is 0 Å². The second-order valence-electron chi connectivity index (χ2n) is 9.94. The molecule has 0 aromatic heterocycles. The van der Waals surface area contributed by atoms with Gasteiger partial charge in [-0.1, -0.05) is 66.7 Å². The molecule has 4 heteroatoms. The molecule has 0 saturated carbocycles. The summed E-state index contributed by atoms with van der Waals surface area (Å²) in [7, 11) is 0. The van der Waals surface area contributed by atoms with E-state index in [1.54, 1.807) is 0 Å². The number of ketones is 2. The maximum Gasteiger partial charge on any atom is 0.196 e. The molecule has 0 unspecified atom stereocenters. The standard InChI is InChI=1S/C30H30N2O2/c1-21-7-2-3-8-24(21)20-31-15-17-32(18-16-31)30(25-14-13-22-9-6-10-23(22)19-25)28(33)26-11-4-5-12-27(26)29(30)34/h2-5,7-8,11-14,19H,6,9-10,15-18,20H2,1H3. The quantitative estimate of drug-likeness (QED) is 0.546. The first kappa shape index (κ1) is 21.5. The lowest BCUT2D eigenvalue weighted by atomic mass is 9.81. The summed E-state index contributed by atoms with van der Waals surface area (Å²) >= 11 is 0. The van der Waals surface area contributed by atoms with E-state index in [0.717, 1.165) is 44.5 Å². The van der Waals surface area contributed by atoms with E-state index >= 15 is 0 Å². The molecule has 1 heterocycles.